The van der Waals surface area contributed by atoms with Gasteiger partial charge in [-0.3, -0.25) is 0 Å². The summed E-state index contributed by atoms with van der Waals surface area (Å²) in [5.41, 5.74) is 2.28. The zero-order chi connectivity index (χ0) is 17.0. The van der Waals surface area contributed by atoms with Gasteiger partial charge in [0.25, 0.3) is 0 Å². The average molecular weight is 324 g/mol. The summed E-state index contributed by atoms with van der Waals surface area (Å²) in [5.74, 6) is 1.49. The normalized spacial score (nSPS) is 10.2. The third kappa shape index (κ3) is 5.94. The van der Waals surface area contributed by atoms with Crippen LogP contribution in [0.1, 0.15) is 30.4 Å². The third-order valence-electron chi connectivity index (χ3n) is 3.69. The van der Waals surface area contributed by atoms with Crippen molar-refractivity contribution in [3.63, 3.8) is 0 Å². The Morgan fingerprint density at radius 1 is 1.00 bits per heavy atom. The van der Waals surface area contributed by atoms with E-state index in [1.807, 2.05) is 48.5 Å². The monoisotopic (exact) mass is 324 g/mol. The molecule has 0 saturated carbocycles. The van der Waals surface area contributed by atoms with E-state index in [0.29, 0.717) is 13.0 Å². The molecule has 0 amide bonds. The van der Waals surface area contributed by atoms with Gasteiger partial charge in [-0.05, 0) is 42.6 Å². The molecule has 2 aromatic rings. The van der Waals surface area contributed by atoms with Crippen molar-refractivity contribution in [3.05, 3.63) is 59.7 Å². The Morgan fingerprint density at radius 2 is 1.83 bits per heavy atom. The number of ether oxygens (including phenoxy) is 2. The summed E-state index contributed by atoms with van der Waals surface area (Å²) < 4.78 is 11.3. The summed E-state index contributed by atoms with van der Waals surface area (Å²) in [6, 6.07) is 18.2. The Hall–Kier alpha value is -2.51. The van der Waals surface area contributed by atoms with Gasteiger partial charge in [0.2, 0.25) is 0 Å². The van der Waals surface area contributed by atoms with Gasteiger partial charge in [-0.2, -0.15) is 5.26 Å². The topological polar surface area (TPSA) is 54.3 Å². The van der Waals surface area contributed by atoms with Crippen molar-refractivity contribution >= 4 is 0 Å². The van der Waals surface area contributed by atoms with Crippen LogP contribution >= 0.6 is 0 Å². The SMILES string of the molecule is COc1ccc(CNCCCCC#N)cc1OCc1ccccc1. The van der Waals surface area contributed by atoms with Crippen LogP contribution in [0.25, 0.3) is 0 Å². The number of benzene rings is 2. The van der Waals surface area contributed by atoms with Crippen molar-refractivity contribution in [1.82, 2.24) is 5.32 Å². The van der Waals surface area contributed by atoms with Gasteiger partial charge in [0, 0.05) is 13.0 Å². The van der Waals surface area contributed by atoms with Crippen LogP contribution in [0.5, 0.6) is 11.5 Å². The van der Waals surface area contributed by atoms with Gasteiger partial charge >= 0.3 is 0 Å². The summed E-state index contributed by atoms with van der Waals surface area (Å²) in [6.07, 6.45) is 2.58. The molecule has 4 nitrogen and oxygen atoms in total. The molecule has 0 saturated heterocycles. The van der Waals surface area contributed by atoms with E-state index in [-0.39, 0.29) is 0 Å². The molecule has 0 atom stereocenters. The lowest BCUT2D eigenvalue weighted by atomic mass is 10.2. The second-order valence-corrected chi connectivity index (χ2v) is 5.55. The highest BCUT2D eigenvalue weighted by atomic mass is 16.5. The second-order valence-electron chi connectivity index (χ2n) is 5.55. The average Bonchev–Trinajstić information content (AvgIpc) is 2.64. The van der Waals surface area contributed by atoms with E-state index in [2.05, 4.69) is 11.4 Å². The highest BCUT2D eigenvalue weighted by molar-refractivity contribution is 5.43. The van der Waals surface area contributed by atoms with E-state index in [4.69, 9.17) is 14.7 Å². The summed E-state index contributed by atoms with van der Waals surface area (Å²) in [6.45, 7) is 2.20. The lowest BCUT2D eigenvalue weighted by molar-refractivity contribution is 0.284. The maximum atomic E-state index is 8.52. The number of hydrogen-bond donors (Lipinski definition) is 1. The van der Waals surface area contributed by atoms with E-state index < -0.39 is 0 Å². The molecule has 0 radical (unpaired) electrons. The number of nitrogens with zero attached hydrogens (tertiary/aromatic N) is 1. The Bertz CT molecular complexity index is 650. The maximum Gasteiger partial charge on any atom is 0.161 e. The third-order valence-corrected chi connectivity index (χ3v) is 3.69. The molecule has 0 unspecified atom stereocenters. The number of nitrogens with one attached hydrogen (secondary N) is 1. The number of nitriles is 1. The van der Waals surface area contributed by atoms with E-state index in [9.17, 15) is 0 Å². The summed E-state index contributed by atoms with van der Waals surface area (Å²) >= 11 is 0. The molecule has 0 fully saturated rings. The molecular formula is C20H24N2O2. The molecule has 0 aliphatic heterocycles. The molecule has 0 aromatic heterocycles. The maximum absolute atomic E-state index is 8.52. The van der Waals surface area contributed by atoms with Gasteiger partial charge in [-0.15, -0.1) is 0 Å². The Balaban J connectivity index is 1.88. The standard InChI is InChI=1S/C20H24N2O2/c1-23-19-11-10-18(15-22-13-7-3-6-12-21)14-20(19)24-16-17-8-4-2-5-9-17/h2,4-5,8-11,14,22H,3,6-7,13,15-16H2,1H3. The molecule has 1 N–H and O–H groups in total. The molecule has 0 aliphatic carbocycles. The zero-order valence-corrected chi connectivity index (χ0v) is 14.1. The van der Waals surface area contributed by atoms with Crippen LogP contribution < -0.4 is 14.8 Å². The second kappa shape index (κ2) is 10.3. The summed E-state index contributed by atoms with van der Waals surface area (Å²) in [5, 5.41) is 11.9. The molecule has 126 valence electrons. The number of unbranched alkanes of at least 4 members (excludes halogenated alkanes) is 2. The van der Waals surface area contributed by atoms with Gasteiger partial charge in [-0.1, -0.05) is 36.4 Å². The van der Waals surface area contributed by atoms with Crippen molar-refractivity contribution in [3.8, 4) is 17.6 Å². The van der Waals surface area contributed by atoms with Crippen molar-refractivity contribution in [2.45, 2.75) is 32.4 Å². The smallest absolute Gasteiger partial charge is 0.161 e. The Kier molecular flexibility index (Phi) is 7.66. The minimum atomic E-state index is 0.516. The highest BCUT2D eigenvalue weighted by Gasteiger charge is 2.06. The Morgan fingerprint density at radius 3 is 2.58 bits per heavy atom. The van der Waals surface area contributed by atoms with E-state index in [1.165, 1.54) is 0 Å². The van der Waals surface area contributed by atoms with Gasteiger partial charge in [0.05, 0.1) is 13.2 Å². The van der Waals surface area contributed by atoms with Gasteiger partial charge in [0.15, 0.2) is 11.5 Å². The van der Waals surface area contributed by atoms with Crippen LogP contribution in [0.4, 0.5) is 0 Å². The lowest BCUT2D eigenvalue weighted by Crippen LogP contribution is -2.14. The predicted molar refractivity (Wildman–Crippen MR) is 94.9 cm³/mol. The molecule has 2 rings (SSSR count). The highest BCUT2D eigenvalue weighted by Crippen LogP contribution is 2.28. The summed E-state index contributed by atoms with van der Waals surface area (Å²) in [7, 11) is 1.65. The van der Waals surface area contributed by atoms with Gasteiger partial charge in [-0.25, -0.2) is 0 Å². The number of methoxy groups -OCH3 is 1. The lowest BCUT2D eigenvalue weighted by Gasteiger charge is -2.13. The molecule has 0 spiro atoms. The number of rotatable bonds is 10. The van der Waals surface area contributed by atoms with Crippen molar-refractivity contribution in [1.29, 1.82) is 5.26 Å². The fourth-order valence-corrected chi connectivity index (χ4v) is 2.37. The van der Waals surface area contributed by atoms with Crippen molar-refractivity contribution < 1.29 is 9.47 Å². The van der Waals surface area contributed by atoms with Crippen LogP contribution in [0.3, 0.4) is 0 Å². The van der Waals surface area contributed by atoms with Crippen LogP contribution in [0.15, 0.2) is 48.5 Å². The zero-order valence-electron chi connectivity index (χ0n) is 14.1. The van der Waals surface area contributed by atoms with Crippen molar-refractivity contribution in [2.75, 3.05) is 13.7 Å². The molecule has 4 heteroatoms. The predicted octanol–water partition coefficient (Wildman–Crippen LogP) is 4.06. The first-order valence-electron chi connectivity index (χ1n) is 8.25. The first kappa shape index (κ1) is 17.8. The van der Waals surface area contributed by atoms with Gasteiger partial charge in [0.1, 0.15) is 6.61 Å². The molecule has 2 aromatic carbocycles. The molecule has 0 heterocycles. The van der Waals surface area contributed by atoms with E-state index in [1.54, 1.807) is 7.11 Å². The molecule has 24 heavy (non-hydrogen) atoms. The first-order valence-corrected chi connectivity index (χ1v) is 8.25. The molecule has 0 bridgehead atoms. The quantitative estimate of drug-likeness (QED) is 0.670. The molecular weight excluding hydrogens is 300 g/mol. The Labute approximate surface area is 144 Å². The number of hydrogen-bond acceptors (Lipinski definition) is 4. The van der Waals surface area contributed by atoms with Gasteiger partial charge < -0.3 is 14.8 Å². The largest absolute Gasteiger partial charge is 0.493 e. The first-order chi connectivity index (χ1) is 11.8. The van der Waals surface area contributed by atoms with Crippen LogP contribution in [0.2, 0.25) is 0 Å². The van der Waals surface area contributed by atoms with Crippen LogP contribution in [-0.2, 0) is 13.2 Å². The fraction of sp³-hybridized carbons (Fsp3) is 0.350. The van der Waals surface area contributed by atoms with Crippen LogP contribution in [0, 0.1) is 11.3 Å². The van der Waals surface area contributed by atoms with Crippen molar-refractivity contribution in [2.24, 2.45) is 0 Å². The molecule has 0 aliphatic rings. The van der Waals surface area contributed by atoms with Crippen LogP contribution in [-0.4, -0.2) is 13.7 Å². The van der Waals surface area contributed by atoms with E-state index in [0.717, 1.165) is 48.6 Å². The van der Waals surface area contributed by atoms with E-state index >= 15 is 0 Å². The summed E-state index contributed by atoms with van der Waals surface area (Å²) in [4.78, 5) is 0. The fourth-order valence-electron chi connectivity index (χ4n) is 2.37. The minimum absolute atomic E-state index is 0.516. The minimum Gasteiger partial charge on any atom is -0.493 e.